The fourth-order valence-electron chi connectivity index (χ4n) is 1.90. The molecule has 0 spiro atoms. The van der Waals surface area contributed by atoms with Gasteiger partial charge in [-0.25, -0.2) is 0 Å². The smallest absolute Gasteiger partial charge is 0.126 e. The van der Waals surface area contributed by atoms with Gasteiger partial charge in [-0.05, 0) is 0 Å². The van der Waals surface area contributed by atoms with E-state index in [4.69, 9.17) is 0 Å². The number of aromatic nitrogens is 4. The van der Waals surface area contributed by atoms with Crippen molar-refractivity contribution in [3.05, 3.63) is 41.7 Å². The van der Waals surface area contributed by atoms with Crippen LogP contribution in [0.1, 0.15) is 43.8 Å². The summed E-state index contributed by atoms with van der Waals surface area (Å²) in [5.41, 5.74) is 2.07. The molecule has 18 heavy (non-hydrogen) atoms. The van der Waals surface area contributed by atoms with Crippen LogP contribution >= 0.6 is 0 Å². The zero-order chi connectivity index (χ0) is 13.3. The van der Waals surface area contributed by atoms with Crippen LogP contribution in [0.2, 0.25) is 0 Å². The molecule has 0 aromatic carbocycles. The highest BCUT2D eigenvalue weighted by atomic mass is 16.3. The topological polar surface area (TPSA) is 63.8 Å². The maximum Gasteiger partial charge on any atom is 0.126 e. The van der Waals surface area contributed by atoms with Crippen LogP contribution in [0.25, 0.3) is 0 Å². The molecule has 0 radical (unpaired) electrons. The van der Waals surface area contributed by atoms with Gasteiger partial charge in [-0.3, -0.25) is 14.6 Å². The largest absolute Gasteiger partial charge is 0.382 e. The SMILES string of the molecule is Cn1cc(C(O)c2cnccn2)c(C(C)(C)C)n1. The molecule has 0 amide bonds. The van der Waals surface area contributed by atoms with Crippen molar-refractivity contribution in [3.8, 4) is 0 Å². The van der Waals surface area contributed by atoms with Crippen molar-refractivity contribution in [3.63, 3.8) is 0 Å². The number of aliphatic hydroxyl groups excluding tert-OH is 1. The van der Waals surface area contributed by atoms with Gasteiger partial charge in [0, 0.05) is 36.6 Å². The van der Waals surface area contributed by atoms with Crippen LogP contribution in [0, 0.1) is 0 Å². The molecule has 2 rings (SSSR count). The lowest BCUT2D eigenvalue weighted by Crippen LogP contribution is -2.17. The summed E-state index contributed by atoms with van der Waals surface area (Å²) in [4.78, 5) is 8.12. The first-order valence-electron chi connectivity index (χ1n) is 5.87. The molecule has 1 unspecified atom stereocenters. The average molecular weight is 246 g/mol. The molecule has 1 N–H and O–H groups in total. The van der Waals surface area contributed by atoms with Gasteiger partial charge in [0.05, 0.1) is 17.6 Å². The maximum atomic E-state index is 10.4. The van der Waals surface area contributed by atoms with Crippen LogP contribution in [-0.2, 0) is 12.5 Å². The number of nitrogens with zero attached hydrogens (tertiary/aromatic N) is 4. The Labute approximate surface area is 107 Å². The van der Waals surface area contributed by atoms with Crippen LogP contribution < -0.4 is 0 Å². The molecule has 2 heterocycles. The Hall–Kier alpha value is -1.75. The zero-order valence-corrected chi connectivity index (χ0v) is 11.1. The molecule has 0 fully saturated rings. The number of aliphatic hydroxyl groups is 1. The Morgan fingerprint density at radius 1 is 1.28 bits per heavy atom. The number of aryl methyl sites for hydroxylation is 1. The molecule has 5 nitrogen and oxygen atoms in total. The highest BCUT2D eigenvalue weighted by Crippen LogP contribution is 2.30. The summed E-state index contributed by atoms with van der Waals surface area (Å²) in [6.07, 6.45) is 5.78. The Morgan fingerprint density at radius 2 is 2.00 bits per heavy atom. The quantitative estimate of drug-likeness (QED) is 0.874. The van der Waals surface area contributed by atoms with E-state index in [9.17, 15) is 5.11 Å². The highest BCUT2D eigenvalue weighted by Gasteiger charge is 2.27. The zero-order valence-electron chi connectivity index (χ0n) is 11.1. The Kier molecular flexibility index (Phi) is 3.17. The second-order valence-electron chi connectivity index (χ2n) is 5.39. The van der Waals surface area contributed by atoms with E-state index >= 15 is 0 Å². The van der Waals surface area contributed by atoms with E-state index in [0.717, 1.165) is 11.3 Å². The van der Waals surface area contributed by atoms with E-state index in [1.165, 1.54) is 0 Å². The average Bonchev–Trinajstić information content (AvgIpc) is 2.71. The van der Waals surface area contributed by atoms with Crippen LogP contribution in [-0.4, -0.2) is 24.9 Å². The van der Waals surface area contributed by atoms with Crippen molar-refractivity contribution in [1.29, 1.82) is 0 Å². The molecule has 0 bridgehead atoms. The first kappa shape index (κ1) is 12.7. The van der Waals surface area contributed by atoms with E-state index in [2.05, 4.69) is 35.8 Å². The minimum absolute atomic E-state index is 0.125. The van der Waals surface area contributed by atoms with Crippen molar-refractivity contribution < 1.29 is 5.11 Å². The third-order valence-electron chi connectivity index (χ3n) is 2.73. The maximum absolute atomic E-state index is 10.4. The van der Waals surface area contributed by atoms with Gasteiger partial charge < -0.3 is 5.11 Å². The molecular formula is C13H18N4O. The van der Waals surface area contributed by atoms with Crippen molar-refractivity contribution in [2.45, 2.75) is 32.3 Å². The van der Waals surface area contributed by atoms with Gasteiger partial charge in [0.2, 0.25) is 0 Å². The molecular weight excluding hydrogens is 228 g/mol. The first-order chi connectivity index (χ1) is 8.39. The van der Waals surface area contributed by atoms with Crippen molar-refractivity contribution in [2.24, 2.45) is 7.05 Å². The van der Waals surface area contributed by atoms with E-state index < -0.39 is 6.10 Å². The van der Waals surface area contributed by atoms with Gasteiger partial charge in [0.1, 0.15) is 6.10 Å². The lowest BCUT2D eigenvalue weighted by molar-refractivity contribution is 0.212. The van der Waals surface area contributed by atoms with Crippen molar-refractivity contribution in [1.82, 2.24) is 19.7 Å². The van der Waals surface area contributed by atoms with E-state index in [1.54, 1.807) is 23.3 Å². The first-order valence-corrected chi connectivity index (χ1v) is 5.87. The van der Waals surface area contributed by atoms with Crippen LogP contribution in [0.4, 0.5) is 0 Å². The predicted octanol–water partition coefficient (Wildman–Crippen LogP) is 1.59. The van der Waals surface area contributed by atoms with E-state index in [0.29, 0.717) is 5.69 Å². The molecule has 0 aliphatic rings. The monoisotopic (exact) mass is 246 g/mol. The van der Waals surface area contributed by atoms with Crippen molar-refractivity contribution >= 4 is 0 Å². The molecule has 5 heteroatoms. The minimum Gasteiger partial charge on any atom is -0.382 e. The van der Waals surface area contributed by atoms with Gasteiger partial charge in [0.15, 0.2) is 0 Å². The van der Waals surface area contributed by atoms with Crippen LogP contribution in [0.3, 0.4) is 0 Å². The summed E-state index contributed by atoms with van der Waals surface area (Å²) in [7, 11) is 1.85. The van der Waals surface area contributed by atoms with Gasteiger partial charge in [-0.2, -0.15) is 5.10 Å². The van der Waals surface area contributed by atoms with E-state index in [-0.39, 0.29) is 5.41 Å². The van der Waals surface area contributed by atoms with Gasteiger partial charge in [0.25, 0.3) is 0 Å². The third kappa shape index (κ3) is 2.41. The lowest BCUT2D eigenvalue weighted by atomic mass is 9.87. The summed E-state index contributed by atoms with van der Waals surface area (Å²) in [6, 6.07) is 0. The standard InChI is InChI=1S/C13H18N4O/c1-13(2,3)12-9(8-17(4)16-12)11(18)10-7-14-5-6-15-10/h5-8,11,18H,1-4H3. The van der Waals surface area contributed by atoms with E-state index in [1.807, 2.05) is 13.2 Å². The molecule has 2 aromatic rings. The van der Waals surface area contributed by atoms with Gasteiger partial charge in [-0.1, -0.05) is 20.8 Å². The predicted molar refractivity (Wildman–Crippen MR) is 68.0 cm³/mol. The van der Waals surface area contributed by atoms with Crippen molar-refractivity contribution in [2.75, 3.05) is 0 Å². The summed E-state index contributed by atoms with van der Waals surface area (Å²) in [6.45, 7) is 6.21. The Bertz CT molecular complexity index is 528. The van der Waals surface area contributed by atoms with Crippen LogP contribution in [0.5, 0.6) is 0 Å². The summed E-state index contributed by atoms with van der Waals surface area (Å²) >= 11 is 0. The number of hydrogen-bond donors (Lipinski definition) is 1. The number of hydrogen-bond acceptors (Lipinski definition) is 4. The highest BCUT2D eigenvalue weighted by molar-refractivity contribution is 5.30. The Balaban J connectivity index is 2.46. The Morgan fingerprint density at radius 3 is 2.56 bits per heavy atom. The third-order valence-corrected chi connectivity index (χ3v) is 2.73. The molecule has 0 saturated heterocycles. The lowest BCUT2D eigenvalue weighted by Gasteiger charge is -2.19. The molecule has 0 aliphatic heterocycles. The summed E-state index contributed by atoms with van der Waals surface area (Å²) in [5, 5.41) is 14.8. The molecule has 2 aromatic heterocycles. The summed E-state index contributed by atoms with van der Waals surface area (Å²) in [5.74, 6) is 0. The molecule has 0 saturated carbocycles. The van der Waals surface area contributed by atoms with Gasteiger partial charge in [-0.15, -0.1) is 0 Å². The number of rotatable bonds is 2. The molecule has 0 aliphatic carbocycles. The fraction of sp³-hybridized carbons (Fsp3) is 0.462. The minimum atomic E-state index is -0.790. The van der Waals surface area contributed by atoms with Gasteiger partial charge >= 0.3 is 0 Å². The summed E-state index contributed by atoms with van der Waals surface area (Å²) < 4.78 is 1.72. The normalized spacial score (nSPS) is 13.6. The second kappa shape index (κ2) is 4.49. The second-order valence-corrected chi connectivity index (χ2v) is 5.39. The van der Waals surface area contributed by atoms with Crippen LogP contribution in [0.15, 0.2) is 24.8 Å². The molecule has 1 atom stereocenters. The fourth-order valence-corrected chi connectivity index (χ4v) is 1.90. The molecule has 96 valence electrons.